The Morgan fingerprint density at radius 3 is 2.65 bits per heavy atom. The summed E-state index contributed by atoms with van der Waals surface area (Å²) in [4.78, 5) is 44.8. The number of halogens is 1. The Kier molecular flexibility index (Phi) is 5.48. The molecule has 158 valence electrons. The summed E-state index contributed by atoms with van der Waals surface area (Å²) in [6, 6.07) is 12.8. The van der Waals surface area contributed by atoms with Crippen LogP contribution in [0.2, 0.25) is 0 Å². The number of nitrogens with zero attached hydrogens (tertiary/aromatic N) is 1. The maximum absolute atomic E-state index is 13.1. The first-order valence-corrected chi connectivity index (χ1v) is 9.80. The summed E-state index contributed by atoms with van der Waals surface area (Å²) in [5.74, 6) is -2.17. The van der Waals surface area contributed by atoms with Crippen LogP contribution in [0.1, 0.15) is 30.4 Å². The molecule has 31 heavy (non-hydrogen) atoms. The van der Waals surface area contributed by atoms with Crippen molar-refractivity contribution in [2.75, 3.05) is 16.0 Å². The number of aryl methyl sites for hydroxylation is 1. The normalized spacial score (nSPS) is 15.0. The van der Waals surface area contributed by atoms with E-state index < -0.39 is 29.1 Å². The molecule has 2 heterocycles. The van der Waals surface area contributed by atoms with Gasteiger partial charge in [0.15, 0.2) is 0 Å². The van der Waals surface area contributed by atoms with Crippen LogP contribution in [0.15, 0.2) is 53.3 Å². The lowest BCUT2D eigenvalue weighted by atomic mass is 9.92. The zero-order chi connectivity index (χ0) is 22.0. The van der Waals surface area contributed by atoms with Crippen LogP contribution < -0.4 is 21.5 Å². The largest absolute Gasteiger partial charge is 0.326 e. The number of anilines is 4. The highest BCUT2D eigenvalue weighted by atomic mass is 19.1. The molecule has 0 saturated heterocycles. The topological polar surface area (TPSA) is 116 Å². The molecule has 0 aliphatic carbocycles. The zero-order valence-electron chi connectivity index (χ0n) is 16.7. The van der Waals surface area contributed by atoms with Crippen molar-refractivity contribution in [3.63, 3.8) is 0 Å². The van der Waals surface area contributed by atoms with Gasteiger partial charge in [0, 0.05) is 17.8 Å². The van der Waals surface area contributed by atoms with Gasteiger partial charge in [0.25, 0.3) is 5.56 Å². The average Bonchev–Trinajstić information content (AvgIpc) is 2.75. The van der Waals surface area contributed by atoms with Gasteiger partial charge in [-0.1, -0.05) is 25.1 Å². The molecular formula is C22H20FN5O3. The standard InChI is InChI=1S/C22H20FN5O3/c1-2-12-5-3-4-6-16(12)25-20(30)15-11-17(29)26-19-18(15)21(31)28-22(27-19)24-14-9-7-13(23)8-10-14/h3-10,15H,2,11H2,1H3,(H,25,30)(H3,24,26,27,28,29,31)/t15-/m1/s1. The molecule has 0 radical (unpaired) electrons. The number of hydrogen-bond acceptors (Lipinski definition) is 5. The number of para-hydroxylation sites is 1. The van der Waals surface area contributed by atoms with Crippen LogP contribution >= 0.6 is 0 Å². The van der Waals surface area contributed by atoms with E-state index in [0.29, 0.717) is 11.4 Å². The molecule has 2 amide bonds. The number of nitrogens with one attached hydrogen (secondary N) is 4. The molecule has 9 heteroatoms. The van der Waals surface area contributed by atoms with E-state index in [1.165, 1.54) is 24.3 Å². The van der Waals surface area contributed by atoms with E-state index in [9.17, 15) is 18.8 Å². The van der Waals surface area contributed by atoms with E-state index in [4.69, 9.17) is 0 Å². The maximum Gasteiger partial charge on any atom is 0.258 e. The molecular weight excluding hydrogens is 401 g/mol. The molecule has 2 aromatic carbocycles. The monoisotopic (exact) mass is 421 g/mol. The van der Waals surface area contributed by atoms with Crippen molar-refractivity contribution in [3.05, 3.63) is 75.8 Å². The molecule has 1 aromatic heterocycles. The Labute approximate surface area is 176 Å². The lowest BCUT2D eigenvalue weighted by molar-refractivity contribution is -0.123. The molecule has 1 atom stereocenters. The van der Waals surface area contributed by atoms with Gasteiger partial charge >= 0.3 is 0 Å². The predicted octanol–water partition coefficient (Wildman–Crippen LogP) is 3.28. The first kappa shape index (κ1) is 20.3. The van der Waals surface area contributed by atoms with Crippen molar-refractivity contribution >= 4 is 35.0 Å². The molecule has 0 unspecified atom stereocenters. The van der Waals surface area contributed by atoms with Gasteiger partial charge in [-0.2, -0.15) is 4.98 Å². The van der Waals surface area contributed by atoms with Gasteiger partial charge in [-0.05, 0) is 42.3 Å². The second-order valence-corrected chi connectivity index (χ2v) is 7.11. The first-order chi connectivity index (χ1) is 14.9. The number of carbonyl (C=O) groups is 2. The fourth-order valence-electron chi connectivity index (χ4n) is 3.49. The molecule has 8 nitrogen and oxygen atoms in total. The maximum atomic E-state index is 13.1. The van der Waals surface area contributed by atoms with Crippen LogP contribution in [0, 0.1) is 5.82 Å². The average molecular weight is 421 g/mol. The second kappa shape index (κ2) is 8.39. The minimum absolute atomic E-state index is 0.0218. The van der Waals surface area contributed by atoms with E-state index in [2.05, 4.69) is 25.9 Å². The number of aromatic amines is 1. The molecule has 0 bridgehead atoms. The number of aromatic nitrogens is 2. The van der Waals surface area contributed by atoms with Gasteiger partial charge in [-0.15, -0.1) is 0 Å². The van der Waals surface area contributed by atoms with Crippen LogP contribution in [-0.4, -0.2) is 21.8 Å². The number of hydrogen-bond donors (Lipinski definition) is 4. The number of benzene rings is 2. The van der Waals surface area contributed by atoms with Crippen molar-refractivity contribution < 1.29 is 14.0 Å². The van der Waals surface area contributed by atoms with Crippen molar-refractivity contribution in [1.29, 1.82) is 0 Å². The van der Waals surface area contributed by atoms with Crippen LogP contribution in [0.4, 0.5) is 27.5 Å². The third-order valence-corrected chi connectivity index (χ3v) is 5.03. The number of fused-ring (bicyclic) bond motifs is 1. The molecule has 1 aliphatic rings. The first-order valence-electron chi connectivity index (χ1n) is 9.80. The lowest BCUT2D eigenvalue weighted by Crippen LogP contribution is -2.36. The summed E-state index contributed by atoms with van der Waals surface area (Å²) >= 11 is 0. The molecule has 0 saturated carbocycles. The molecule has 0 fully saturated rings. The van der Waals surface area contributed by atoms with Gasteiger partial charge < -0.3 is 16.0 Å². The number of carbonyl (C=O) groups excluding carboxylic acids is 2. The smallest absolute Gasteiger partial charge is 0.258 e. The van der Waals surface area contributed by atoms with E-state index in [1.807, 2.05) is 19.1 Å². The van der Waals surface area contributed by atoms with Crippen LogP contribution in [0.25, 0.3) is 0 Å². The van der Waals surface area contributed by atoms with Gasteiger partial charge in [-0.25, -0.2) is 4.39 Å². The number of H-pyrrole nitrogens is 1. The molecule has 4 rings (SSSR count). The fraction of sp³-hybridized carbons (Fsp3) is 0.182. The number of amides is 2. The third kappa shape index (κ3) is 4.30. The van der Waals surface area contributed by atoms with Gasteiger partial charge in [0.2, 0.25) is 17.8 Å². The highest BCUT2D eigenvalue weighted by molar-refractivity contribution is 6.04. The van der Waals surface area contributed by atoms with Gasteiger partial charge in [0.1, 0.15) is 11.6 Å². The fourth-order valence-corrected chi connectivity index (χ4v) is 3.49. The predicted molar refractivity (Wildman–Crippen MR) is 115 cm³/mol. The van der Waals surface area contributed by atoms with E-state index >= 15 is 0 Å². The van der Waals surface area contributed by atoms with E-state index in [0.717, 1.165) is 12.0 Å². The van der Waals surface area contributed by atoms with Gasteiger partial charge in [0.05, 0.1) is 11.5 Å². The summed E-state index contributed by atoms with van der Waals surface area (Å²) in [6.45, 7) is 1.97. The zero-order valence-corrected chi connectivity index (χ0v) is 16.7. The third-order valence-electron chi connectivity index (χ3n) is 5.03. The quantitative estimate of drug-likeness (QED) is 0.505. The summed E-state index contributed by atoms with van der Waals surface area (Å²) in [6.07, 6.45) is 0.557. The molecule has 1 aliphatic heterocycles. The summed E-state index contributed by atoms with van der Waals surface area (Å²) in [7, 11) is 0. The van der Waals surface area contributed by atoms with Gasteiger partial charge in [-0.3, -0.25) is 19.4 Å². The Morgan fingerprint density at radius 2 is 1.90 bits per heavy atom. The summed E-state index contributed by atoms with van der Waals surface area (Å²) in [5, 5.41) is 8.24. The highest BCUT2D eigenvalue weighted by Crippen LogP contribution is 2.30. The summed E-state index contributed by atoms with van der Waals surface area (Å²) in [5.41, 5.74) is 1.63. The lowest BCUT2D eigenvalue weighted by Gasteiger charge is -2.24. The minimum atomic E-state index is -0.982. The van der Waals surface area contributed by atoms with Crippen molar-refractivity contribution in [2.45, 2.75) is 25.7 Å². The Hall–Kier alpha value is -4.01. The molecule has 4 N–H and O–H groups in total. The van der Waals surface area contributed by atoms with Crippen LogP contribution in [-0.2, 0) is 16.0 Å². The minimum Gasteiger partial charge on any atom is -0.326 e. The Morgan fingerprint density at radius 1 is 1.16 bits per heavy atom. The number of rotatable bonds is 5. The van der Waals surface area contributed by atoms with E-state index in [-0.39, 0.29) is 23.8 Å². The molecule has 0 spiro atoms. The SMILES string of the molecule is CCc1ccccc1NC(=O)[C@@H]1CC(=O)Nc2nc(Nc3ccc(F)cc3)[nH]c(=O)c21. The van der Waals surface area contributed by atoms with Crippen LogP contribution in [0.3, 0.4) is 0 Å². The second-order valence-electron chi connectivity index (χ2n) is 7.11. The van der Waals surface area contributed by atoms with Crippen LogP contribution in [0.5, 0.6) is 0 Å². The van der Waals surface area contributed by atoms with E-state index in [1.54, 1.807) is 12.1 Å². The van der Waals surface area contributed by atoms with Crippen molar-refractivity contribution in [1.82, 2.24) is 9.97 Å². The van der Waals surface area contributed by atoms with Crippen molar-refractivity contribution in [2.24, 2.45) is 0 Å². The molecule has 3 aromatic rings. The summed E-state index contributed by atoms with van der Waals surface area (Å²) < 4.78 is 13.1. The van der Waals surface area contributed by atoms with Crippen molar-refractivity contribution in [3.8, 4) is 0 Å². The Bertz CT molecular complexity index is 1210. The Balaban J connectivity index is 1.64. The highest BCUT2D eigenvalue weighted by Gasteiger charge is 2.35.